The fraction of sp³-hybridized carbons (Fsp3) is 0.300. The minimum absolute atomic E-state index is 0.555. The number of ether oxygens (including phenoxy) is 1. The van der Waals surface area contributed by atoms with Crippen LogP contribution in [0.15, 0.2) is 24.9 Å². The average Bonchev–Trinajstić information content (AvgIpc) is 2.82. The van der Waals surface area contributed by atoms with Crippen molar-refractivity contribution >= 4 is 5.82 Å². The molecule has 0 bridgehead atoms. The summed E-state index contributed by atoms with van der Waals surface area (Å²) in [6.07, 6.45) is 5.81. The third-order valence-electron chi connectivity index (χ3n) is 2.11. The van der Waals surface area contributed by atoms with Gasteiger partial charge < -0.3 is 15.0 Å². The fourth-order valence-electron chi connectivity index (χ4n) is 1.29. The monoisotopic (exact) mass is 219 g/mol. The summed E-state index contributed by atoms with van der Waals surface area (Å²) in [7, 11) is 1.58. The van der Waals surface area contributed by atoms with Crippen LogP contribution in [0.25, 0.3) is 0 Å². The van der Waals surface area contributed by atoms with Gasteiger partial charge in [0.15, 0.2) is 0 Å². The van der Waals surface area contributed by atoms with Gasteiger partial charge in [0.2, 0.25) is 5.88 Å². The van der Waals surface area contributed by atoms with Gasteiger partial charge in [0.05, 0.1) is 13.4 Å². The molecular formula is C10H13N5O. The molecule has 0 aromatic carbocycles. The van der Waals surface area contributed by atoms with E-state index in [-0.39, 0.29) is 0 Å². The Hall–Kier alpha value is -2.11. The van der Waals surface area contributed by atoms with Gasteiger partial charge in [0, 0.05) is 30.9 Å². The summed E-state index contributed by atoms with van der Waals surface area (Å²) < 4.78 is 5.00. The van der Waals surface area contributed by atoms with Crippen molar-refractivity contribution < 1.29 is 4.74 Å². The Labute approximate surface area is 93.1 Å². The van der Waals surface area contributed by atoms with E-state index >= 15 is 0 Å². The highest BCUT2D eigenvalue weighted by atomic mass is 16.5. The quantitative estimate of drug-likeness (QED) is 0.780. The predicted molar refractivity (Wildman–Crippen MR) is 59.4 cm³/mol. The molecule has 84 valence electrons. The zero-order valence-electron chi connectivity index (χ0n) is 8.97. The zero-order valence-corrected chi connectivity index (χ0v) is 8.97. The van der Waals surface area contributed by atoms with E-state index in [2.05, 4.69) is 25.3 Å². The standard InChI is InChI=1S/C10H13N5O/c1-16-10-4-9(14-7-15-10)12-3-2-8-5-11-6-13-8/h4-7H,2-3H2,1H3,(H,11,13)(H,12,14,15). The first kappa shape index (κ1) is 10.4. The van der Waals surface area contributed by atoms with Crippen LogP contribution < -0.4 is 10.1 Å². The molecule has 2 aromatic rings. The molecule has 2 aromatic heterocycles. The summed E-state index contributed by atoms with van der Waals surface area (Å²) >= 11 is 0. The number of methoxy groups -OCH3 is 1. The molecule has 16 heavy (non-hydrogen) atoms. The first-order chi connectivity index (χ1) is 7.88. The largest absolute Gasteiger partial charge is 0.481 e. The lowest BCUT2D eigenvalue weighted by Crippen LogP contribution is -2.06. The van der Waals surface area contributed by atoms with Crippen molar-refractivity contribution in [2.24, 2.45) is 0 Å². The number of H-pyrrole nitrogens is 1. The van der Waals surface area contributed by atoms with E-state index in [1.165, 1.54) is 6.33 Å². The molecule has 0 spiro atoms. The van der Waals surface area contributed by atoms with Crippen molar-refractivity contribution in [3.05, 3.63) is 30.6 Å². The van der Waals surface area contributed by atoms with Gasteiger partial charge in [-0.3, -0.25) is 0 Å². The number of hydrogen-bond donors (Lipinski definition) is 2. The van der Waals surface area contributed by atoms with Gasteiger partial charge in [-0.05, 0) is 0 Å². The Balaban J connectivity index is 1.85. The highest BCUT2D eigenvalue weighted by Gasteiger charge is 1.98. The number of rotatable bonds is 5. The maximum atomic E-state index is 5.00. The molecule has 0 atom stereocenters. The van der Waals surface area contributed by atoms with Crippen molar-refractivity contribution in [2.45, 2.75) is 6.42 Å². The summed E-state index contributed by atoms with van der Waals surface area (Å²) in [5.74, 6) is 1.31. The molecule has 0 saturated heterocycles. The number of aromatic nitrogens is 4. The van der Waals surface area contributed by atoms with Gasteiger partial charge in [-0.2, -0.15) is 0 Å². The average molecular weight is 219 g/mol. The first-order valence-electron chi connectivity index (χ1n) is 4.95. The van der Waals surface area contributed by atoms with E-state index < -0.39 is 0 Å². The molecule has 0 unspecified atom stereocenters. The topological polar surface area (TPSA) is 75.7 Å². The number of imidazole rings is 1. The van der Waals surface area contributed by atoms with Crippen LogP contribution in [0.1, 0.15) is 5.69 Å². The minimum atomic E-state index is 0.555. The van der Waals surface area contributed by atoms with Crippen LogP contribution >= 0.6 is 0 Å². The van der Waals surface area contributed by atoms with E-state index in [9.17, 15) is 0 Å². The maximum Gasteiger partial charge on any atom is 0.218 e. The first-order valence-corrected chi connectivity index (χ1v) is 4.95. The van der Waals surface area contributed by atoms with Gasteiger partial charge in [0.25, 0.3) is 0 Å². The molecule has 6 heteroatoms. The third-order valence-corrected chi connectivity index (χ3v) is 2.11. The molecule has 0 saturated carbocycles. The fourth-order valence-corrected chi connectivity index (χ4v) is 1.29. The van der Waals surface area contributed by atoms with Crippen molar-refractivity contribution in [2.75, 3.05) is 19.0 Å². The minimum Gasteiger partial charge on any atom is -0.481 e. The lowest BCUT2D eigenvalue weighted by atomic mass is 10.3. The van der Waals surface area contributed by atoms with E-state index in [0.29, 0.717) is 5.88 Å². The molecule has 2 rings (SSSR count). The lowest BCUT2D eigenvalue weighted by Gasteiger charge is -2.05. The van der Waals surface area contributed by atoms with Crippen LogP contribution in [0, 0.1) is 0 Å². The molecule has 0 aliphatic heterocycles. The van der Waals surface area contributed by atoms with Crippen LogP contribution in [0.5, 0.6) is 5.88 Å². The zero-order chi connectivity index (χ0) is 11.2. The summed E-state index contributed by atoms with van der Waals surface area (Å²) in [4.78, 5) is 15.0. The molecule has 0 amide bonds. The Morgan fingerprint density at radius 2 is 2.38 bits per heavy atom. The SMILES string of the molecule is COc1cc(NCCc2cnc[nH]2)ncn1. The molecular weight excluding hydrogens is 206 g/mol. The van der Waals surface area contributed by atoms with Crippen molar-refractivity contribution in [1.82, 2.24) is 19.9 Å². The Morgan fingerprint density at radius 1 is 1.44 bits per heavy atom. The van der Waals surface area contributed by atoms with Crippen molar-refractivity contribution in [1.29, 1.82) is 0 Å². The summed E-state index contributed by atoms with van der Waals surface area (Å²) in [5.41, 5.74) is 1.09. The number of nitrogens with zero attached hydrogens (tertiary/aromatic N) is 3. The van der Waals surface area contributed by atoms with Gasteiger partial charge in [-0.25, -0.2) is 15.0 Å². The van der Waals surface area contributed by atoms with Crippen molar-refractivity contribution in [3.63, 3.8) is 0 Å². The molecule has 0 aliphatic rings. The van der Waals surface area contributed by atoms with E-state index in [1.54, 1.807) is 19.5 Å². The summed E-state index contributed by atoms with van der Waals surface area (Å²) in [6.45, 7) is 0.780. The van der Waals surface area contributed by atoms with Crippen molar-refractivity contribution in [3.8, 4) is 5.88 Å². The van der Waals surface area contributed by atoms with Gasteiger partial charge in [0.1, 0.15) is 12.1 Å². The van der Waals surface area contributed by atoms with Gasteiger partial charge in [-0.15, -0.1) is 0 Å². The lowest BCUT2D eigenvalue weighted by molar-refractivity contribution is 0.397. The van der Waals surface area contributed by atoms with E-state index in [0.717, 1.165) is 24.5 Å². The Kier molecular flexibility index (Phi) is 3.32. The van der Waals surface area contributed by atoms with E-state index in [4.69, 9.17) is 4.74 Å². The van der Waals surface area contributed by atoms with Crippen LogP contribution in [0.2, 0.25) is 0 Å². The third kappa shape index (κ3) is 2.69. The molecule has 0 radical (unpaired) electrons. The predicted octanol–water partition coefficient (Wildman–Crippen LogP) is 0.863. The molecule has 0 fully saturated rings. The normalized spacial score (nSPS) is 10.1. The molecule has 6 nitrogen and oxygen atoms in total. The van der Waals surface area contributed by atoms with Crippen LogP contribution in [-0.2, 0) is 6.42 Å². The highest BCUT2D eigenvalue weighted by molar-refractivity contribution is 5.36. The van der Waals surface area contributed by atoms with Gasteiger partial charge >= 0.3 is 0 Å². The Bertz CT molecular complexity index is 429. The highest BCUT2D eigenvalue weighted by Crippen LogP contribution is 2.09. The van der Waals surface area contributed by atoms with Gasteiger partial charge in [-0.1, -0.05) is 0 Å². The van der Waals surface area contributed by atoms with Crippen LogP contribution in [-0.4, -0.2) is 33.6 Å². The maximum absolute atomic E-state index is 5.00. The van der Waals surface area contributed by atoms with Crippen LogP contribution in [0.4, 0.5) is 5.82 Å². The molecule has 2 heterocycles. The molecule has 0 aliphatic carbocycles. The number of hydrogen-bond acceptors (Lipinski definition) is 5. The Morgan fingerprint density at radius 3 is 3.12 bits per heavy atom. The van der Waals surface area contributed by atoms with Crippen LogP contribution in [0.3, 0.4) is 0 Å². The summed E-state index contributed by atoms with van der Waals surface area (Å²) in [6, 6.07) is 1.76. The number of nitrogens with one attached hydrogen (secondary N) is 2. The second kappa shape index (κ2) is 5.11. The number of aromatic amines is 1. The van der Waals surface area contributed by atoms with E-state index in [1.807, 2.05) is 6.20 Å². The number of anilines is 1. The summed E-state index contributed by atoms with van der Waals surface area (Å²) in [5, 5.41) is 3.18. The molecule has 2 N–H and O–H groups in total. The second-order valence-corrected chi connectivity index (χ2v) is 3.20. The second-order valence-electron chi connectivity index (χ2n) is 3.20. The smallest absolute Gasteiger partial charge is 0.218 e.